The van der Waals surface area contributed by atoms with Crippen molar-refractivity contribution in [2.24, 2.45) is 5.92 Å². The van der Waals surface area contributed by atoms with Crippen molar-refractivity contribution >= 4 is 38.6 Å². The number of carbonyl (C=O) groups is 1. The van der Waals surface area contributed by atoms with Gasteiger partial charge in [0.15, 0.2) is 0 Å². The molecule has 0 saturated carbocycles. The summed E-state index contributed by atoms with van der Waals surface area (Å²) in [5, 5.41) is 2.93. The van der Waals surface area contributed by atoms with Gasteiger partial charge in [-0.05, 0) is 34.5 Å². The third-order valence-corrected chi connectivity index (χ3v) is 4.82. The maximum atomic E-state index is 12.6. The number of benzene rings is 1. The number of rotatable bonds is 2. The number of fused-ring (bicyclic) bond motifs is 2. The highest BCUT2D eigenvalue weighted by molar-refractivity contribution is 9.10. The number of imidazole rings is 2. The second kappa shape index (κ2) is 5.38. The minimum Gasteiger partial charge on any atom is -0.324 e. The molecular weight excluding hydrogens is 362 g/mol. The predicted octanol–water partition coefficient (Wildman–Crippen LogP) is 2.02. The van der Waals surface area contributed by atoms with Gasteiger partial charge in [0.1, 0.15) is 10.4 Å². The molecule has 0 bridgehead atoms. The van der Waals surface area contributed by atoms with Gasteiger partial charge < -0.3 is 19.9 Å². The molecular formula is C15H14BrN5O2. The van der Waals surface area contributed by atoms with Crippen molar-refractivity contribution in [2.75, 3.05) is 5.32 Å². The van der Waals surface area contributed by atoms with E-state index in [0.717, 1.165) is 23.3 Å². The summed E-state index contributed by atoms with van der Waals surface area (Å²) in [6, 6.07) is 5.37. The minimum absolute atomic E-state index is 0.0502. The number of hydrogen-bond acceptors (Lipinski definition) is 3. The average Bonchev–Trinajstić information content (AvgIpc) is 3.10. The Balaban J connectivity index is 1.58. The van der Waals surface area contributed by atoms with Crippen LogP contribution in [-0.4, -0.2) is 25.4 Å². The van der Waals surface area contributed by atoms with E-state index in [0.29, 0.717) is 23.3 Å². The van der Waals surface area contributed by atoms with E-state index in [1.165, 1.54) is 0 Å². The molecule has 0 radical (unpaired) electrons. The molecule has 0 fully saturated rings. The monoisotopic (exact) mass is 375 g/mol. The summed E-state index contributed by atoms with van der Waals surface area (Å²) < 4.78 is 2.91. The number of anilines is 1. The Hall–Kier alpha value is -2.35. The van der Waals surface area contributed by atoms with Crippen LogP contribution in [0.5, 0.6) is 0 Å². The van der Waals surface area contributed by atoms with E-state index in [9.17, 15) is 9.59 Å². The smallest absolute Gasteiger partial charge is 0.323 e. The summed E-state index contributed by atoms with van der Waals surface area (Å²) in [6.45, 7) is 0.599. The lowest BCUT2D eigenvalue weighted by atomic mass is 9.98. The van der Waals surface area contributed by atoms with Crippen molar-refractivity contribution in [1.82, 2.24) is 19.5 Å². The van der Waals surface area contributed by atoms with E-state index in [2.05, 4.69) is 36.2 Å². The highest BCUT2D eigenvalue weighted by Crippen LogP contribution is 2.26. The van der Waals surface area contributed by atoms with Gasteiger partial charge in [-0.15, -0.1) is 0 Å². The van der Waals surface area contributed by atoms with E-state index >= 15 is 0 Å². The van der Waals surface area contributed by atoms with Crippen molar-refractivity contribution in [2.45, 2.75) is 19.4 Å². The number of amides is 1. The zero-order valence-electron chi connectivity index (χ0n) is 12.1. The van der Waals surface area contributed by atoms with Crippen LogP contribution in [0, 0.1) is 5.92 Å². The standard InChI is InChI=1S/C15H14BrN5O2/c16-11-6-17-12-5-4-8(7-21(11)12)14(22)18-9-2-1-3-10-13(9)20-15(23)19-10/h1-3,6,8H,4-5,7H2,(H,18,22)(H2,19,20,23). The molecule has 1 aliphatic rings. The summed E-state index contributed by atoms with van der Waals surface area (Å²) in [5.74, 6) is 0.817. The van der Waals surface area contributed by atoms with Gasteiger partial charge in [0.25, 0.3) is 0 Å². The Morgan fingerprint density at radius 3 is 3.13 bits per heavy atom. The van der Waals surface area contributed by atoms with Gasteiger partial charge in [0.05, 0.1) is 28.8 Å². The maximum absolute atomic E-state index is 12.6. The number of nitrogens with zero attached hydrogens (tertiary/aromatic N) is 2. The Labute approximate surface area is 139 Å². The number of aromatic nitrogens is 4. The van der Waals surface area contributed by atoms with E-state index in [1.54, 1.807) is 24.4 Å². The van der Waals surface area contributed by atoms with Crippen LogP contribution in [-0.2, 0) is 17.8 Å². The van der Waals surface area contributed by atoms with Gasteiger partial charge in [-0.25, -0.2) is 9.78 Å². The zero-order valence-corrected chi connectivity index (χ0v) is 13.7. The molecule has 0 spiro atoms. The number of halogens is 1. The Morgan fingerprint density at radius 1 is 1.39 bits per heavy atom. The Morgan fingerprint density at radius 2 is 2.26 bits per heavy atom. The lowest BCUT2D eigenvalue weighted by molar-refractivity contribution is -0.120. The number of nitrogens with one attached hydrogen (secondary N) is 3. The summed E-state index contributed by atoms with van der Waals surface area (Å²) in [5.41, 5.74) is 1.62. The summed E-state index contributed by atoms with van der Waals surface area (Å²) >= 11 is 3.46. The maximum Gasteiger partial charge on any atom is 0.323 e. The molecule has 23 heavy (non-hydrogen) atoms. The highest BCUT2D eigenvalue weighted by Gasteiger charge is 2.26. The van der Waals surface area contributed by atoms with E-state index < -0.39 is 0 Å². The second-order valence-corrected chi connectivity index (χ2v) is 6.45. The largest absolute Gasteiger partial charge is 0.324 e. The quantitative estimate of drug-likeness (QED) is 0.639. The number of aryl methyl sites for hydroxylation is 1. The molecule has 4 rings (SSSR count). The van der Waals surface area contributed by atoms with Gasteiger partial charge in [0, 0.05) is 13.0 Å². The molecule has 8 heteroatoms. The van der Waals surface area contributed by atoms with E-state index in [4.69, 9.17) is 0 Å². The topological polar surface area (TPSA) is 95.6 Å². The SMILES string of the molecule is O=C(Nc1cccc2[nH]c(=O)[nH]c12)C1CCc2ncc(Br)n2C1. The summed E-state index contributed by atoms with van der Waals surface area (Å²) in [7, 11) is 0. The van der Waals surface area contributed by atoms with Gasteiger partial charge in [0.2, 0.25) is 5.91 Å². The van der Waals surface area contributed by atoms with E-state index in [-0.39, 0.29) is 17.5 Å². The molecule has 3 aromatic rings. The normalized spacial score (nSPS) is 17.2. The van der Waals surface area contributed by atoms with Crippen molar-refractivity contribution in [1.29, 1.82) is 0 Å². The molecule has 1 atom stereocenters. The molecule has 2 aromatic heterocycles. The third kappa shape index (κ3) is 2.48. The fourth-order valence-electron chi connectivity index (χ4n) is 3.01. The summed E-state index contributed by atoms with van der Waals surface area (Å²) in [6.07, 6.45) is 3.30. The Kier molecular flexibility index (Phi) is 3.33. The van der Waals surface area contributed by atoms with Crippen LogP contribution >= 0.6 is 15.9 Å². The molecule has 3 heterocycles. The molecule has 1 aliphatic heterocycles. The number of hydrogen-bond donors (Lipinski definition) is 3. The number of para-hydroxylation sites is 1. The van der Waals surface area contributed by atoms with Crippen LogP contribution in [0.2, 0.25) is 0 Å². The zero-order chi connectivity index (χ0) is 16.0. The first-order valence-corrected chi connectivity index (χ1v) is 8.13. The fourth-order valence-corrected chi connectivity index (χ4v) is 3.46. The second-order valence-electron chi connectivity index (χ2n) is 5.64. The first kappa shape index (κ1) is 14.3. The number of carbonyl (C=O) groups excluding carboxylic acids is 1. The van der Waals surface area contributed by atoms with Gasteiger partial charge >= 0.3 is 5.69 Å². The third-order valence-electron chi connectivity index (χ3n) is 4.19. The Bertz CT molecular complexity index is 954. The molecule has 1 unspecified atom stereocenters. The molecule has 7 nitrogen and oxygen atoms in total. The van der Waals surface area contributed by atoms with Gasteiger partial charge in [-0.1, -0.05) is 6.07 Å². The van der Waals surface area contributed by atoms with Crippen molar-refractivity contribution in [3.05, 3.63) is 45.3 Å². The highest BCUT2D eigenvalue weighted by atomic mass is 79.9. The summed E-state index contributed by atoms with van der Waals surface area (Å²) in [4.78, 5) is 33.7. The lowest BCUT2D eigenvalue weighted by Gasteiger charge is -2.23. The number of H-pyrrole nitrogens is 2. The van der Waals surface area contributed by atoms with Crippen LogP contribution in [0.25, 0.3) is 11.0 Å². The fraction of sp³-hybridized carbons (Fsp3) is 0.267. The van der Waals surface area contributed by atoms with Crippen LogP contribution in [0.15, 0.2) is 33.8 Å². The molecule has 0 saturated heterocycles. The van der Waals surface area contributed by atoms with Crippen molar-refractivity contribution in [3.8, 4) is 0 Å². The predicted molar refractivity (Wildman–Crippen MR) is 89.3 cm³/mol. The van der Waals surface area contributed by atoms with Crippen LogP contribution in [0.1, 0.15) is 12.2 Å². The lowest BCUT2D eigenvalue weighted by Crippen LogP contribution is -2.31. The molecule has 3 N–H and O–H groups in total. The first-order chi connectivity index (χ1) is 11.1. The first-order valence-electron chi connectivity index (χ1n) is 7.33. The van der Waals surface area contributed by atoms with E-state index in [1.807, 2.05) is 4.57 Å². The van der Waals surface area contributed by atoms with Crippen molar-refractivity contribution in [3.63, 3.8) is 0 Å². The van der Waals surface area contributed by atoms with Crippen LogP contribution in [0.3, 0.4) is 0 Å². The average molecular weight is 376 g/mol. The number of aromatic amines is 2. The van der Waals surface area contributed by atoms with Gasteiger partial charge in [-0.3, -0.25) is 4.79 Å². The van der Waals surface area contributed by atoms with Gasteiger partial charge in [-0.2, -0.15) is 0 Å². The molecule has 118 valence electrons. The molecule has 0 aliphatic carbocycles. The van der Waals surface area contributed by atoms with Crippen LogP contribution < -0.4 is 11.0 Å². The minimum atomic E-state index is -0.286. The van der Waals surface area contributed by atoms with Crippen molar-refractivity contribution < 1.29 is 4.79 Å². The molecule has 1 aromatic carbocycles. The van der Waals surface area contributed by atoms with Crippen LogP contribution in [0.4, 0.5) is 5.69 Å². The molecule has 1 amide bonds.